The molecule has 0 spiro atoms. The smallest absolute Gasteiger partial charge is 0.293 e. The van der Waals surface area contributed by atoms with Crippen LogP contribution in [0.4, 0.5) is 11.4 Å². The van der Waals surface area contributed by atoms with Crippen molar-refractivity contribution in [2.45, 2.75) is 25.7 Å². The van der Waals surface area contributed by atoms with Crippen LogP contribution in [-0.4, -0.2) is 24.4 Å². The van der Waals surface area contributed by atoms with Gasteiger partial charge in [-0.25, -0.2) is 0 Å². The summed E-state index contributed by atoms with van der Waals surface area (Å²) in [5, 5.41) is 16.7. The van der Waals surface area contributed by atoms with E-state index >= 15 is 0 Å². The molecule has 2 aliphatic carbocycles. The molecule has 0 aromatic heterocycles. The number of nitrogens with zero attached hydrogens (tertiary/aromatic N) is 1. The van der Waals surface area contributed by atoms with Crippen molar-refractivity contribution in [3.63, 3.8) is 0 Å². The third-order valence-electron chi connectivity index (χ3n) is 4.67. The molecule has 1 aromatic carbocycles. The molecule has 112 valence electrons. The molecule has 0 bridgehead atoms. The molecule has 0 radical (unpaired) electrons. The maximum Gasteiger partial charge on any atom is 0.293 e. The van der Waals surface area contributed by atoms with Crippen molar-refractivity contribution in [3.05, 3.63) is 33.9 Å². The van der Waals surface area contributed by atoms with E-state index in [1.54, 1.807) is 19.2 Å². The van der Waals surface area contributed by atoms with Gasteiger partial charge in [-0.15, -0.1) is 0 Å². The van der Waals surface area contributed by atoms with Crippen LogP contribution in [-0.2, 0) is 0 Å². The lowest BCUT2D eigenvalue weighted by Gasteiger charge is -2.16. The zero-order chi connectivity index (χ0) is 15.0. The van der Waals surface area contributed by atoms with Crippen LogP contribution in [0.2, 0.25) is 0 Å². The highest BCUT2D eigenvalue weighted by Gasteiger charge is 2.53. The van der Waals surface area contributed by atoms with Crippen molar-refractivity contribution in [1.82, 2.24) is 5.32 Å². The Balaban J connectivity index is 1.75. The lowest BCUT2D eigenvalue weighted by molar-refractivity contribution is -0.384. The van der Waals surface area contributed by atoms with Gasteiger partial charge in [-0.1, -0.05) is 6.07 Å². The van der Waals surface area contributed by atoms with Gasteiger partial charge in [-0.2, -0.15) is 0 Å². The van der Waals surface area contributed by atoms with E-state index in [9.17, 15) is 14.9 Å². The normalized spacial score (nSPS) is 18.9. The molecule has 0 aliphatic heterocycles. The van der Waals surface area contributed by atoms with Gasteiger partial charge in [-0.05, 0) is 43.1 Å². The van der Waals surface area contributed by atoms with Crippen LogP contribution in [0.1, 0.15) is 36.0 Å². The van der Waals surface area contributed by atoms with Gasteiger partial charge >= 0.3 is 0 Å². The number of nitro groups is 1. The predicted octanol–water partition coefficient (Wildman–Crippen LogP) is 2.56. The number of amides is 1. The summed E-state index contributed by atoms with van der Waals surface area (Å²) >= 11 is 0. The van der Waals surface area contributed by atoms with Crippen molar-refractivity contribution < 1.29 is 9.72 Å². The van der Waals surface area contributed by atoms with Crippen LogP contribution in [0.5, 0.6) is 0 Å². The van der Waals surface area contributed by atoms with Gasteiger partial charge in [0.1, 0.15) is 5.69 Å². The topological polar surface area (TPSA) is 84.3 Å². The zero-order valence-electron chi connectivity index (χ0n) is 12.0. The van der Waals surface area contributed by atoms with E-state index in [2.05, 4.69) is 10.6 Å². The summed E-state index contributed by atoms with van der Waals surface area (Å²) in [5.41, 5.74) is 0.846. The number of rotatable bonds is 6. The molecule has 0 unspecified atom stereocenters. The largest absolute Gasteiger partial charge is 0.382 e. The summed E-state index contributed by atoms with van der Waals surface area (Å²) in [6, 6.07) is 4.56. The second-order valence-corrected chi connectivity index (χ2v) is 6.03. The van der Waals surface area contributed by atoms with Gasteiger partial charge < -0.3 is 10.6 Å². The van der Waals surface area contributed by atoms with E-state index in [1.807, 2.05) is 0 Å². The van der Waals surface area contributed by atoms with Crippen LogP contribution in [0.15, 0.2) is 18.2 Å². The second-order valence-electron chi connectivity index (χ2n) is 6.03. The standard InChI is InChI=1S/C15H19N3O3/c1-16-13-11(3-2-4-12(13)18(20)21)14(19)17-9-15(7-8-15)10-5-6-10/h2-4,10,16H,5-9H2,1H3,(H,17,19). The van der Waals surface area contributed by atoms with Gasteiger partial charge in [-0.3, -0.25) is 14.9 Å². The minimum atomic E-state index is -0.477. The second kappa shape index (κ2) is 5.02. The summed E-state index contributed by atoms with van der Waals surface area (Å²) in [6.07, 6.45) is 4.92. The first-order chi connectivity index (χ1) is 10.1. The van der Waals surface area contributed by atoms with Crippen LogP contribution in [0, 0.1) is 21.4 Å². The van der Waals surface area contributed by atoms with Gasteiger partial charge in [0.15, 0.2) is 0 Å². The van der Waals surface area contributed by atoms with E-state index in [0.29, 0.717) is 17.5 Å². The van der Waals surface area contributed by atoms with Crippen molar-refractivity contribution in [2.75, 3.05) is 18.9 Å². The van der Waals surface area contributed by atoms with E-state index in [0.717, 1.165) is 5.92 Å². The number of nitro benzene ring substituents is 1. The fourth-order valence-corrected chi connectivity index (χ4v) is 3.08. The minimum Gasteiger partial charge on any atom is -0.382 e. The number of carbonyl (C=O) groups is 1. The average Bonchev–Trinajstić information content (AvgIpc) is 3.36. The maximum atomic E-state index is 12.3. The number of carbonyl (C=O) groups excluding carboxylic acids is 1. The fraction of sp³-hybridized carbons (Fsp3) is 0.533. The predicted molar refractivity (Wildman–Crippen MR) is 79.4 cm³/mol. The Labute approximate surface area is 123 Å². The van der Waals surface area contributed by atoms with Crippen LogP contribution < -0.4 is 10.6 Å². The molecule has 2 fully saturated rings. The Morgan fingerprint density at radius 1 is 1.43 bits per heavy atom. The summed E-state index contributed by atoms with van der Waals surface area (Å²) in [4.78, 5) is 22.9. The van der Waals surface area contributed by atoms with Gasteiger partial charge in [0.2, 0.25) is 0 Å². The Morgan fingerprint density at radius 3 is 2.67 bits per heavy atom. The number of hydrogen-bond acceptors (Lipinski definition) is 4. The Morgan fingerprint density at radius 2 is 2.14 bits per heavy atom. The number of nitrogens with one attached hydrogen (secondary N) is 2. The maximum absolute atomic E-state index is 12.3. The lowest BCUT2D eigenvalue weighted by atomic mass is 10.0. The van der Waals surface area contributed by atoms with Gasteiger partial charge in [0.05, 0.1) is 10.5 Å². The minimum absolute atomic E-state index is 0.0755. The molecule has 21 heavy (non-hydrogen) atoms. The highest BCUT2D eigenvalue weighted by atomic mass is 16.6. The summed E-state index contributed by atoms with van der Waals surface area (Å²) < 4.78 is 0. The molecule has 0 heterocycles. The highest BCUT2D eigenvalue weighted by molar-refractivity contribution is 6.01. The van der Waals surface area contributed by atoms with Crippen molar-refractivity contribution >= 4 is 17.3 Å². The molecule has 2 N–H and O–H groups in total. The Bertz CT molecular complexity index is 592. The van der Waals surface area contributed by atoms with Crippen LogP contribution >= 0.6 is 0 Å². The molecular weight excluding hydrogens is 270 g/mol. The summed E-state index contributed by atoms with van der Waals surface area (Å²) in [5.74, 6) is 0.529. The van der Waals surface area contributed by atoms with Crippen molar-refractivity contribution in [2.24, 2.45) is 11.3 Å². The highest BCUT2D eigenvalue weighted by Crippen LogP contribution is 2.60. The molecule has 1 amide bonds. The molecule has 6 nitrogen and oxygen atoms in total. The van der Waals surface area contributed by atoms with E-state index in [4.69, 9.17) is 0 Å². The first kappa shape index (κ1) is 13.9. The van der Waals surface area contributed by atoms with Gasteiger partial charge in [0.25, 0.3) is 11.6 Å². The molecule has 2 aliphatic rings. The van der Waals surface area contributed by atoms with E-state index in [-0.39, 0.29) is 17.3 Å². The monoisotopic (exact) mass is 289 g/mol. The molecule has 2 saturated carbocycles. The molecule has 1 aromatic rings. The third-order valence-corrected chi connectivity index (χ3v) is 4.67. The number of para-hydroxylation sites is 1. The lowest BCUT2D eigenvalue weighted by Crippen LogP contribution is -2.31. The quantitative estimate of drug-likeness (QED) is 0.622. The Hall–Kier alpha value is -2.11. The van der Waals surface area contributed by atoms with Crippen LogP contribution in [0.3, 0.4) is 0 Å². The number of benzene rings is 1. The van der Waals surface area contributed by atoms with Crippen LogP contribution in [0.25, 0.3) is 0 Å². The number of anilines is 1. The van der Waals surface area contributed by atoms with Gasteiger partial charge in [0, 0.05) is 19.7 Å². The zero-order valence-corrected chi connectivity index (χ0v) is 12.0. The number of hydrogen-bond donors (Lipinski definition) is 2. The summed E-state index contributed by atoms with van der Waals surface area (Å²) in [6.45, 7) is 0.683. The molecule has 0 atom stereocenters. The van der Waals surface area contributed by atoms with E-state index in [1.165, 1.54) is 31.7 Å². The average molecular weight is 289 g/mol. The summed E-state index contributed by atoms with van der Waals surface area (Å²) in [7, 11) is 1.59. The molecular formula is C15H19N3O3. The van der Waals surface area contributed by atoms with E-state index < -0.39 is 4.92 Å². The molecule has 6 heteroatoms. The first-order valence-corrected chi connectivity index (χ1v) is 7.31. The van der Waals surface area contributed by atoms with Crippen molar-refractivity contribution in [1.29, 1.82) is 0 Å². The SMILES string of the molecule is CNc1c(C(=O)NCC2(C3CC3)CC2)cccc1[N+](=O)[O-]. The molecule has 3 rings (SSSR count). The fourth-order valence-electron chi connectivity index (χ4n) is 3.08. The first-order valence-electron chi connectivity index (χ1n) is 7.31. The Kier molecular flexibility index (Phi) is 3.31. The van der Waals surface area contributed by atoms with Crippen molar-refractivity contribution in [3.8, 4) is 0 Å². The molecule has 0 saturated heterocycles. The third kappa shape index (κ3) is 2.57.